The Hall–Kier alpha value is -0.950. The van der Waals surface area contributed by atoms with Gasteiger partial charge in [0.1, 0.15) is 12.4 Å². The van der Waals surface area contributed by atoms with Crippen molar-refractivity contribution in [1.82, 2.24) is 10.3 Å². The molecule has 23 heavy (non-hydrogen) atoms. The quantitative estimate of drug-likeness (QED) is 0.586. The Morgan fingerprint density at radius 1 is 1.30 bits per heavy atom. The van der Waals surface area contributed by atoms with Gasteiger partial charge in [0.25, 0.3) is 0 Å². The van der Waals surface area contributed by atoms with E-state index in [4.69, 9.17) is 4.74 Å². The van der Waals surface area contributed by atoms with Gasteiger partial charge in [0, 0.05) is 25.1 Å². The fourth-order valence-electron chi connectivity index (χ4n) is 2.55. The van der Waals surface area contributed by atoms with Crippen molar-refractivity contribution in [3.8, 4) is 17.6 Å². The lowest BCUT2D eigenvalue weighted by Crippen LogP contribution is -2.28. The molecule has 1 aliphatic rings. The molecule has 130 valence electrons. The highest BCUT2D eigenvalue weighted by Gasteiger charge is 2.15. The van der Waals surface area contributed by atoms with E-state index in [1.54, 1.807) is 0 Å². The maximum absolute atomic E-state index is 5.96. The average Bonchev–Trinajstić information content (AvgIpc) is 3.03. The smallest absolute Gasteiger partial charge is 0.140 e. The summed E-state index contributed by atoms with van der Waals surface area (Å²) in [5.41, 5.74) is 1.08. The highest BCUT2D eigenvalue weighted by molar-refractivity contribution is 5.85. The summed E-state index contributed by atoms with van der Waals surface area (Å²) in [7, 11) is 0. The van der Waals surface area contributed by atoms with Crippen LogP contribution in [0.15, 0.2) is 18.3 Å². The summed E-state index contributed by atoms with van der Waals surface area (Å²) in [6, 6.07) is 4.49. The SMILES string of the molecule is CCC#CCCCCc1ncccc1OC[C@@H]1CCCN1.Cl.Cl. The Kier molecular flexibility index (Phi) is 12.9. The van der Waals surface area contributed by atoms with Crippen molar-refractivity contribution >= 4 is 24.8 Å². The maximum Gasteiger partial charge on any atom is 0.140 e. The molecule has 0 bridgehead atoms. The third-order valence-electron chi connectivity index (χ3n) is 3.72. The van der Waals surface area contributed by atoms with Gasteiger partial charge < -0.3 is 10.1 Å². The minimum Gasteiger partial charge on any atom is -0.490 e. The predicted octanol–water partition coefficient (Wildman–Crippen LogP) is 4.18. The molecular formula is C18H28Cl2N2O. The van der Waals surface area contributed by atoms with Crippen LogP contribution in [0.1, 0.15) is 51.1 Å². The molecule has 0 amide bonds. The van der Waals surface area contributed by atoms with E-state index in [1.165, 1.54) is 12.8 Å². The Balaban J connectivity index is 0.00000242. The van der Waals surface area contributed by atoms with E-state index in [-0.39, 0.29) is 24.8 Å². The predicted molar refractivity (Wildman–Crippen MR) is 101 cm³/mol. The van der Waals surface area contributed by atoms with Crippen LogP contribution in [0, 0.1) is 11.8 Å². The van der Waals surface area contributed by atoms with E-state index in [9.17, 15) is 0 Å². The summed E-state index contributed by atoms with van der Waals surface area (Å²) in [5.74, 6) is 7.25. The monoisotopic (exact) mass is 358 g/mol. The molecule has 1 fully saturated rings. The van der Waals surface area contributed by atoms with Crippen LogP contribution in [0.5, 0.6) is 5.75 Å². The fraction of sp³-hybridized carbons (Fsp3) is 0.611. The number of aromatic nitrogens is 1. The molecule has 2 rings (SSSR count). The number of pyridine rings is 1. The standard InChI is InChI=1S/C18H26N2O.2ClH/c1-2-3-4-5-6-7-11-17-18(12-9-14-20-17)21-15-16-10-8-13-19-16;;/h9,12,14,16,19H,2,5-8,10-11,13,15H2,1H3;2*1H/t16-;;/m0../s1. The molecule has 5 heteroatoms. The summed E-state index contributed by atoms with van der Waals surface area (Å²) in [6.07, 6.45) is 9.49. The van der Waals surface area contributed by atoms with E-state index in [0.717, 1.165) is 56.7 Å². The molecule has 1 N–H and O–H groups in total. The zero-order chi connectivity index (χ0) is 14.8. The molecule has 0 spiro atoms. The highest BCUT2D eigenvalue weighted by atomic mass is 35.5. The van der Waals surface area contributed by atoms with Crippen LogP contribution in [0.4, 0.5) is 0 Å². The molecular weight excluding hydrogens is 331 g/mol. The second-order valence-corrected chi connectivity index (χ2v) is 5.47. The van der Waals surface area contributed by atoms with E-state index in [0.29, 0.717) is 6.04 Å². The van der Waals surface area contributed by atoms with Crippen LogP contribution in [0.25, 0.3) is 0 Å². The molecule has 1 saturated heterocycles. The summed E-state index contributed by atoms with van der Waals surface area (Å²) in [5, 5.41) is 3.46. The molecule has 1 aliphatic heterocycles. The number of hydrogen-bond donors (Lipinski definition) is 1. The van der Waals surface area contributed by atoms with Crippen molar-refractivity contribution in [2.24, 2.45) is 0 Å². The zero-order valence-corrected chi connectivity index (χ0v) is 15.5. The number of ether oxygens (including phenoxy) is 1. The summed E-state index contributed by atoms with van der Waals surface area (Å²) in [4.78, 5) is 4.48. The van der Waals surface area contributed by atoms with Gasteiger partial charge in [0.15, 0.2) is 0 Å². The van der Waals surface area contributed by atoms with Crippen molar-refractivity contribution < 1.29 is 4.74 Å². The first-order valence-corrected chi connectivity index (χ1v) is 8.16. The van der Waals surface area contributed by atoms with Gasteiger partial charge in [-0.25, -0.2) is 0 Å². The number of hydrogen-bond acceptors (Lipinski definition) is 3. The lowest BCUT2D eigenvalue weighted by Gasteiger charge is -2.14. The average molecular weight is 359 g/mol. The Morgan fingerprint density at radius 2 is 2.17 bits per heavy atom. The maximum atomic E-state index is 5.96. The molecule has 2 heterocycles. The lowest BCUT2D eigenvalue weighted by molar-refractivity contribution is 0.273. The molecule has 0 radical (unpaired) electrons. The second-order valence-electron chi connectivity index (χ2n) is 5.47. The van der Waals surface area contributed by atoms with Crippen LogP contribution < -0.4 is 10.1 Å². The Labute approximate surface area is 152 Å². The molecule has 0 unspecified atom stereocenters. The number of rotatable bonds is 7. The summed E-state index contributed by atoms with van der Waals surface area (Å²) < 4.78 is 5.96. The highest BCUT2D eigenvalue weighted by Crippen LogP contribution is 2.19. The summed E-state index contributed by atoms with van der Waals surface area (Å²) >= 11 is 0. The fourth-order valence-corrected chi connectivity index (χ4v) is 2.55. The van der Waals surface area contributed by atoms with Crippen molar-refractivity contribution in [3.63, 3.8) is 0 Å². The van der Waals surface area contributed by atoms with Gasteiger partial charge in [-0.2, -0.15) is 0 Å². The lowest BCUT2D eigenvalue weighted by atomic mass is 10.1. The number of aryl methyl sites for hydroxylation is 1. The van der Waals surface area contributed by atoms with Gasteiger partial charge in [-0.15, -0.1) is 36.7 Å². The van der Waals surface area contributed by atoms with Crippen molar-refractivity contribution in [1.29, 1.82) is 0 Å². The van der Waals surface area contributed by atoms with Gasteiger partial charge in [0.05, 0.1) is 5.69 Å². The van der Waals surface area contributed by atoms with Crippen molar-refractivity contribution in [2.75, 3.05) is 13.2 Å². The first-order valence-electron chi connectivity index (χ1n) is 8.16. The zero-order valence-electron chi connectivity index (χ0n) is 13.8. The van der Waals surface area contributed by atoms with Gasteiger partial charge in [0.2, 0.25) is 0 Å². The minimum atomic E-state index is 0. The van der Waals surface area contributed by atoms with Gasteiger partial charge in [-0.1, -0.05) is 6.92 Å². The van der Waals surface area contributed by atoms with E-state index in [2.05, 4.69) is 29.1 Å². The van der Waals surface area contributed by atoms with E-state index < -0.39 is 0 Å². The van der Waals surface area contributed by atoms with E-state index in [1.807, 2.05) is 18.3 Å². The van der Waals surface area contributed by atoms with Gasteiger partial charge in [-0.05, 0) is 50.8 Å². The molecule has 0 aromatic carbocycles. The van der Waals surface area contributed by atoms with Crippen LogP contribution >= 0.6 is 24.8 Å². The molecule has 1 atom stereocenters. The normalized spacial score (nSPS) is 15.8. The van der Waals surface area contributed by atoms with Gasteiger partial charge in [-0.3, -0.25) is 4.98 Å². The first kappa shape index (κ1) is 22.1. The third kappa shape index (κ3) is 8.46. The van der Waals surface area contributed by atoms with Crippen molar-refractivity contribution in [2.45, 2.75) is 57.9 Å². The van der Waals surface area contributed by atoms with Crippen LogP contribution in [-0.2, 0) is 6.42 Å². The minimum absolute atomic E-state index is 0. The summed E-state index contributed by atoms with van der Waals surface area (Å²) in [6.45, 7) is 3.96. The van der Waals surface area contributed by atoms with Gasteiger partial charge >= 0.3 is 0 Å². The van der Waals surface area contributed by atoms with Crippen LogP contribution in [0.2, 0.25) is 0 Å². The molecule has 1 aromatic rings. The van der Waals surface area contributed by atoms with Crippen LogP contribution in [0.3, 0.4) is 0 Å². The Morgan fingerprint density at radius 3 is 2.91 bits per heavy atom. The Bertz CT molecular complexity index is 479. The first-order chi connectivity index (χ1) is 10.4. The number of nitrogens with zero attached hydrogens (tertiary/aromatic N) is 1. The largest absolute Gasteiger partial charge is 0.490 e. The van der Waals surface area contributed by atoms with Crippen molar-refractivity contribution in [3.05, 3.63) is 24.0 Å². The molecule has 3 nitrogen and oxygen atoms in total. The number of halogens is 2. The third-order valence-corrected chi connectivity index (χ3v) is 3.72. The molecule has 0 aliphatic carbocycles. The number of nitrogens with one attached hydrogen (secondary N) is 1. The molecule has 1 aromatic heterocycles. The van der Waals surface area contributed by atoms with Crippen LogP contribution in [-0.4, -0.2) is 24.2 Å². The number of unbranched alkanes of at least 4 members (excludes halogenated alkanes) is 2. The topological polar surface area (TPSA) is 34.1 Å². The molecule has 0 saturated carbocycles. The second kappa shape index (κ2) is 13.5. The van der Waals surface area contributed by atoms with E-state index >= 15 is 0 Å².